The Labute approximate surface area is 164 Å². The van der Waals surface area contributed by atoms with Crippen LogP contribution in [0.3, 0.4) is 0 Å². The third kappa shape index (κ3) is 3.56. The molecule has 1 heterocycles. The van der Waals surface area contributed by atoms with Crippen molar-refractivity contribution in [3.63, 3.8) is 0 Å². The summed E-state index contributed by atoms with van der Waals surface area (Å²) in [4.78, 5) is 34.8. The van der Waals surface area contributed by atoms with Gasteiger partial charge in [-0.05, 0) is 25.8 Å². The second-order valence-electron chi connectivity index (χ2n) is 7.25. The van der Waals surface area contributed by atoms with Crippen molar-refractivity contribution in [3.05, 3.63) is 28.3 Å². The number of nitrogens with zero attached hydrogens (tertiary/aromatic N) is 2. The number of hydrogen-bond acceptors (Lipinski definition) is 6. The summed E-state index contributed by atoms with van der Waals surface area (Å²) in [7, 11) is 3.05. The van der Waals surface area contributed by atoms with E-state index in [4.69, 9.17) is 15.2 Å². The molecule has 1 fully saturated rings. The summed E-state index contributed by atoms with van der Waals surface area (Å²) in [5.74, 6) is 1.44. The molecule has 8 heteroatoms. The van der Waals surface area contributed by atoms with E-state index in [0.29, 0.717) is 41.3 Å². The normalized spacial score (nSPS) is 15.6. The van der Waals surface area contributed by atoms with Gasteiger partial charge in [0.05, 0.1) is 37.1 Å². The van der Waals surface area contributed by atoms with Crippen LogP contribution in [0.15, 0.2) is 16.9 Å². The molecular weight excluding hydrogens is 360 g/mol. The molecule has 0 unspecified atom stereocenters. The zero-order valence-electron chi connectivity index (χ0n) is 16.7. The summed E-state index contributed by atoms with van der Waals surface area (Å²) in [6.07, 6.45) is 3.68. The van der Waals surface area contributed by atoms with Gasteiger partial charge in [0.2, 0.25) is 5.91 Å². The molecule has 1 aromatic heterocycles. The number of benzene rings is 1. The van der Waals surface area contributed by atoms with Crippen LogP contribution in [0.2, 0.25) is 0 Å². The van der Waals surface area contributed by atoms with Crippen LogP contribution < -0.4 is 20.8 Å². The molecule has 8 nitrogen and oxygen atoms in total. The van der Waals surface area contributed by atoms with Crippen molar-refractivity contribution >= 4 is 16.8 Å². The van der Waals surface area contributed by atoms with E-state index in [1.165, 1.54) is 14.2 Å². The van der Waals surface area contributed by atoms with Crippen LogP contribution in [-0.4, -0.2) is 48.1 Å². The fourth-order valence-electron chi connectivity index (χ4n) is 3.99. The van der Waals surface area contributed by atoms with Crippen LogP contribution in [0, 0.1) is 5.41 Å². The van der Waals surface area contributed by atoms with Crippen LogP contribution in [0.4, 0.5) is 0 Å². The molecule has 1 saturated carbocycles. The van der Waals surface area contributed by atoms with Gasteiger partial charge in [0.25, 0.3) is 5.56 Å². The lowest BCUT2D eigenvalue weighted by atomic mass is 9.84. The second-order valence-corrected chi connectivity index (χ2v) is 7.25. The van der Waals surface area contributed by atoms with Gasteiger partial charge in [0.15, 0.2) is 11.5 Å². The van der Waals surface area contributed by atoms with E-state index in [9.17, 15) is 9.59 Å². The molecule has 28 heavy (non-hydrogen) atoms. The second kappa shape index (κ2) is 8.18. The smallest absolute Gasteiger partial charge is 0.258 e. The first-order valence-electron chi connectivity index (χ1n) is 9.62. The quantitative estimate of drug-likeness (QED) is 0.748. The molecule has 0 spiro atoms. The predicted octanol–water partition coefficient (Wildman–Crippen LogP) is 1.81. The summed E-state index contributed by atoms with van der Waals surface area (Å²) >= 11 is 0. The summed E-state index contributed by atoms with van der Waals surface area (Å²) in [6, 6.07) is 3.28. The standard InChI is InChI=1S/C20H28N4O4/c1-4-24(19(26)20(12-21)7-5-6-8-20)11-17-22-14-10-16(28-3)15(27-2)9-13(14)18(25)23-17/h9-10H,4-8,11-12,21H2,1-3H3,(H,22,23,25). The Morgan fingerprint density at radius 3 is 2.46 bits per heavy atom. The monoisotopic (exact) mass is 388 g/mol. The summed E-state index contributed by atoms with van der Waals surface area (Å²) in [5.41, 5.74) is 5.70. The van der Waals surface area contributed by atoms with Gasteiger partial charge in [-0.15, -0.1) is 0 Å². The average molecular weight is 388 g/mol. The topological polar surface area (TPSA) is 111 Å². The molecule has 152 valence electrons. The van der Waals surface area contributed by atoms with E-state index in [-0.39, 0.29) is 18.0 Å². The molecule has 1 amide bonds. The fraction of sp³-hybridized carbons (Fsp3) is 0.550. The number of carbonyl (C=O) groups is 1. The molecule has 0 saturated heterocycles. The number of nitrogens with two attached hydrogens (primary N) is 1. The Morgan fingerprint density at radius 1 is 1.25 bits per heavy atom. The number of hydrogen-bond donors (Lipinski definition) is 2. The highest BCUT2D eigenvalue weighted by Crippen LogP contribution is 2.39. The Bertz CT molecular complexity index is 918. The highest BCUT2D eigenvalue weighted by Gasteiger charge is 2.42. The molecular formula is C20H28N4O4. The summed E-state index contributed by atoms with van der Waals surface area (Å²) in [5, 5.41) is 0.407. The first-order chi connectivity index (χ1) is 13.5. The molecule has 0 atom stereocenters. The van der Waals surface area contributed by atoms with Gasteiger partial charge in [-0.1, -0.05) is 12.8 Å². The highest BCUT2D eigenvalue weighted by atomic mass is 16.5. The maximum Gasteiger partial charge on any atom is 0.258 e. The SMILES string of the molecule is CCN(Cc1nc2cc(OC)c(OC)cc2c(=O)[nH]1)C(=O)C1(CN)CCCC1. The molecule has 1 aromatic carbocycles. The number of aromatic nitrogens is 2. The van der Waals surface area contributed by atoms with Gasteiger partial charge in [-0.25, -0.2) is 4.98 Å². The third-order valence-electron chi connectivity index (χ3n) is 5.67. The Morgan fingerprint density at radius 2 is 1.89 bits per heavy atom. The van der Waals surface area contributed by atoms with Gasteiger partial charge < -0.3 is 25.1 Å². The molecule has 2 aromatic rings. The number of amides is 1. The minimum Gasteiger partial charge on any atom is -0.493 e. The van der Waals surface area contributed by atoms with Crippen molar-refractivity contribution in [3.8, 4) is 11.5 Å². The zero-order chi connectivity index (χ0) is 20.3. The van der Waals surface area contributed by atoms with Crippen molar-refractivity contribution in [1.29, 1.82) is 0 Å². The van der Waals surface area contributed by atoms with Gasteiger partial charge in [0, 0.05) is 19.2 Å². The number of aromatic amines is 1. The highest BCUT2D eigenvalue weighted by molar-refractivity contribution is 5.84. The lowest BCUT2D eigenvalue weighted by molar-refractivity contribution is -0.142. The maximum absolute atomic E-state index is 13.2. The fourth-order valence-corrected chi connectivity index (χ4v) is 3.99. The van der Waals surface area contributed by atoms with Crippen LogP contribution in [0.5, 0.6) is 11.5 Å². The van der Waals surface area contributed by atoms with Gasteiger partial charge in [0.1, 0.15) is 5.82 Å². The number of ether oxygens (including phenoxy) is 2. The lowest BCUT2D eigenvalue weighted by Crippen LogP contribution is -2.46. The predicted molar refractivity (Wildman–Crippen MR) is 107 cm³/mol. The van der Waals surface area contributed by atoms with Crippen molar-refractivity contribution in [2.75, 3.05) is 27.3 Å². The number of methoxy groups -OCH3 is 2. The number of carbonyl (C=O) groups excluding carboxylic acids is 1. The number of fused-ring (bicyclic) bond motifs is 1. The van der Waals surface area contributed by atoms with E-state index in [2.05, 4.69) is 9.97 Å². The Balaban J connectivity index is 1.94. The molecule has 0 bridgehead atoms. The van der Waals surface area contributed by atoms with E-state index in [1.807, 2.05) is 6.92 Å². The Hall–Kier alpha value is -2.61. The van der Waals surface area contributed by atoms with Crippen molar-refractivity contribution in [2.24, 2.45) is 11.1 Å². The van der Waals surface area contributed by atoms with Gasteiger partial charge in [-0.3, -0.25) is 9.59 Å². The van der Waals surface area contributed by atoms with Crippen LogP contribution in [0.25, 0.3) is 10.9 Å². The van der Waals surface area contributed by atoms with Gasteiger partial charge >= 0.3 is 0 Å². The largest absolute Gasteiger partial charge is 0.493 e. The molecule has 0 aliphatic heterocycles. The zero-order valence-corrected chi connectivity index (χ0v) is 16.7. The molecule has 0 radical (unpaired) electrons. The summed E-state index contributed by atoms with van der Waals surface area (Å²) < 4.78 is 10.6. The van der Waals surface area contributed by atoms with Crippen LogP contribution in [-0.2, 0) is 11.3 Å². The van der Waals surface area contributed by atoms with Crippen LogP contribution >= 0.6 is 0 Å². The van der Waals surface area contributed by atoms with E-state index in [0.717, 1.165) is 25.7 Å². The summed E-state index contributed by atoms with van der Waals surface area (Å²) in [6.45, 7) is 3.02. The minimum absolute atomic E-state index is 0.0463. The van der Waals surface area contributed by atoms with E-state index >= 15 is 0 Å². The van der Waals surface area contributed by atoms with E-state index in [1.54, 1.807) is 17.0 Å². The first-order valence-corrected chi connectivity index (χ1v) is 9.62. The maximum atomic E-state index is 13.2. The minimum atomic E-state index is -0.482. The van der Waals surface area contributed by atoms with Crippen molar-refractivity contribution < 1.29 is 14.3 Å². The van der Waals surface area contributed by atoms with Crippen molar-refractivity contribution in [2.45, 2.75) is 39.2 Å². The van der Waals surface area contributed by atoms with E-state index < -0.39 is 5.41 Å². The lowest BCUT2D eigenvalue weighted by Gasteiger charge is -2.32. The van der Waals surface area contributed by atoms with Gasteiger partial charge in [-0.2, -0.15) is 0 Å². The number of rotatable bonds is 7. The molecule has 1 aliphatic rings. The molecule has 3 N–H and O–H groups in total. The number of nitrogens with one attached hydrogen (secondary N) is 1. The third-order valence-corrected chi connectivity index (χ3v) is 5.67. The first kappa shape index (κ1) is 20.1. The number of H-pyrrole nitrogens is 1. The van der Waals surface area contributed by atoms with Crippen molar-refractivity contribution in [1.82, 2.24) is 14.9 Å². The average Bonchev–Trinajstić information content (AvgIpc) is 3.21. The molecule has 3 rings (SSSR count). The Kier molecular flexibility index (Phi) is 5.88. The van der Waals surface area contributed by atoms with Crippen LogP contribution in [0.1, 0.15) is 38.4 Å². The molecule has 1 aliphatic carbocycles.